The van der Waals surface area contributed by atoms with E-state index in [2.05, 4.69) is 240 Å². The number of aromatic nitrogens is 1. The average molecular weight is 715 g/mol. The van der Waals surface area contributed by atoms with Crippen molar-refractivity contribution < 1.29 is 0 Å². The molecule has 0 bridgehead atoms. The van der Waals surface area contributed by atoms with Crippen LogP contribution in [0.25, 0.3) is 72.0 Å². The Kier molecular flexibility index (Phi) is 8.55. The Bertz CT molecular complexity index is 2910. The molecule has 56 heavy (non-hydrogen) atoms. The highest BCUT2D eigenvalue weighted by Gasteiger charge is 2.16. The standard InChI is InChI=1S/C54H38N2/c1-4-13-39(14-5-1)41-23-25-42(26-24-41)44-29-34-49(35-30-44)55(48-32-27-43(28-33-48)40-15-6-2-7-16-40)50-20-12-17-45(37-50)46-31-36-54-52(38-46)51-21-10-11-22-53(51)56(54)47-18-8-3-9-19-47/h1-38H. The van der Waals surface area contributed by atoms with E-state index in [1.165, 1.54) is 66.3 Å². The van der Waals surface area contributed by atoms with Crippen molar-refractivity contribution in [1.29, 1.82) is 0 Å². The molecular weight excluding hydrogens is 677 g/mol. The van der Waals surface area contributed by atoms with E-state index in [0.29, 0.717) is 0 Å². The molecule has 0 spiro atoms. The predicted molar refractivity (Wildman–Crippen MR) is 237 cm³/mol. The molecule has 1 aromatic heterocycles. The molecule has 0 aliphatic carbocycles. The summed E-state index contributed by atoms with van der Waals surface area (Å²) in [7, 11) is 0. The zero-order chi connectivity index (χ0) is 37.3. The third kappa shape index (κ3) is 6.24. The number of fused-ring (bicyclic) bond motifs is 3. The van der Waals surface area contributed by atoms with Gasteiger partial charge in [0.1, 0.15) is 0 Å². The second-order valence-corrected chi connectivity index (χ2v) is 14.2. The van der Waals surface area contributed by atoms with E-state index in [0.717, 1.165) is 22.7 Å². The molecule has 264 valence electrons. The SMILES string of the molecule is c1ccc(-c2ccc(-c3ccc(N(c4ccc(-c5ccccc5)cc4)c4cccc(-c5ccc6c(c5)c5ccccc5n6-c5ccccc5)c4)cc3)cc2)cc1. The summed E-state index contributed by atoms with van der Waals surface area (Å²) in [5, 5.41) is 2.49. The molecule has 10 rings (SSSR count). The van der Waals surface area contributed by atoms with Gasteiger partial charge in [0.25, 0.3) is 0 Å². The molecule has 0 N–H and O–H groups in total. The first-order valence-corrected chi connectivity index (χ1v) is 19.2. The van der Waals surface area contributed by atoms with E-state index < -0.39 is 0 Å². The predicted octanol–water partition coefficient (Wildman–Crippen LogP) is 14.9. The van der Waals surface area contributed by atoms with Gasteiger partial charge in [0, 0.05) is 33.5 Å². The van der Waals surface area contributed by atoms with Crippen LogP contribution < -0.4 is 4.90 Å². The van der Waals surface area contributed by atoms with Crippen molar-refractivity contribution in [1.82, 2.24) is 4.57 Å². The lowest BCUT2D eigenvalue weighted by molar-refractivity contribution is 1.18. The summed E-state index contributed by atoms with van der Waals surface area (Å²) in [6, 6.07) is 83.0. The first kappa shape index (κ1) is 33.2. The summed E-state index contributed by atoms with van der Waals surface area (Å²) in [4.78, 5) is 2.36. The van der Waals surface area contributed by atoms with Gasteiger partial charge in [-0.25, -0.2) is 0 Å². The Morgan fingerprint density at radius 2 is 0.661 bits per heavy atom. The molecule has 1 heterocycles. The number of rotatable bonds is 8. The summed E-state index contributed by atoms with van der Waals surface area (Å²) in [5.74, 6) is 0. The maximum Gasteiger partial charge on any atom is 0.0541 e. The zero-order valence-corrected chi connectivity index (χ0v) is 30.8. The Balaban J connectivity index is 1.04. The van der Waals surface area contributed by atoms with Crippen LogP contribution in [0.15, 0.2) is 231 Å². The van der Waals surface area contributed by atoms with Crippen molar-refractivity contribution in [3.8, 4) is 50.2 Å². The molecular formula is C54H38N2. The smallest absolute Gasteiger partial charge is 0.0541 e. The van der Waals surface area contributed by atoms with Crippen LogP contribution in [0.1, 0.15) is 0 Å². The first-order valence-electron chi connectivity index (χ1n) is 19.2. The van der Waals surface area contributed by atoms with Crippen molar-refractivity contribution in [2.75, 3.05) is 4.90 Å². The summed E-state index contributed by atoms with van der Waals surface area (Å²) < 4.78 is 2.37. The summed E-state index contributed by atoms with van der Waals surface area (Å²) >= 11 is 0. The lowest BCUT2D eigenvalue weighted by atomic mass is 9.99. The van der Waals surface area contributed by atoms with Crippen LogP contribution in [0.4, 0.5) is 17.1 Å². The van der Waals surface area contributed by atoms with Crippen LogP contribution in [-0.4, -0.2) is 4.57 Å². The third-order valence-electron chi connectivity index (χ3n) is 10.8. The minimum atomic E-state index is 1.10. The van der Waals surface area contributed by atoms with E-state index in [1.807, 2.05) is 0 Å². The number of anilines is 3. The topological polar surface area (TPSA) is 8.17 Å². The molecule has 0 aliphatic heterocycles. The van der Waals surface area contributed by atoms with Crippen LogP contribution in [0.2, 0.25) is 0 Å². The monoisotopic (exact) mass is 714 g/mol. The van der Waals surface area contributed by atoms with Gasteiger partial charge in [0.2, 0.25) is 0 Å². The Morgan fingerprint density at radius 1 is 0.250 bits per heavy atom. The highest BCUT2D eigenvalue weighted by molar-refractivity contribution is 6.10. The molecule has 0 saturated carbocycles. The van der Waals surface area contributed by atoms with Crippen molar-refractivity contribution in [3.05, 3.63) is 231 Å². The highest BCUT2D eigenvalue weighted by atomic mass is 15.1. The van der Waals surface area contributed by atoms with Crippen molar-refractivity contribution in [3.63, 3.8) is 0 Å². The maximum absolute atomic E-state index is 2.37. The molecule has 0 saturated heterocycles. The van der Waals surface area contributed by atoms with Gasteiger partial charge >= 0.3 is 0 Å². The molecule has 0 amide bonds. The third-order valence-corrected chi connectivity index (χ3v) is 10.8. The molecule has 0 aliphatic rings. The number of nitrogens with zero attached hydrogens (tertiary/aromatic N) is 2. The number of benzene rings is 9. The van der Waals surface area contributed by atoms with E-state index >= 15 is 0 Å². The normalized spacial score (nSPS) is 11.2. The number of hydrogen-bond acceptors (Lipinski definition) is 1. The Hall–Kier alpha value is -7.42. The van der Waals surface area contributed by atoms with Crippen LogP contribution in [0, 0.1) is 0 Å². The van der Waals surface area contributed by atoms with Crippen molar-refractivity contribution in [2.45, 2.75) is 0 Å². The van der Waals surface area contributed by atoms with Crippen molar-refractivity contribution in [2.24, 2.45) is 0 Å². The molecule has 0 radical (unpaired) electrons. The quantitative estimate of drug-likeness (QED) is 0.152. The lowest BCUT2D eigenvalue weighted by Crippen LogP contribution is -2.10. The Morgan fingerprint density at radius 3 is 1.23 bits per heavy atom. The minimum absolute atomic E-state index is 1.10. The van der Waals surface area contributed by atoms with E-state index in [1.54, 1.807) is 0 Å². The number of para-hydroxylation sites is 2. The highest BCUT2D eigenvalue weighted by Crippen LogP contribution is 2.40. The molecule has 0 unspecified atom stereocenters. The van der Waals surface area contributed by atoms with Gasteiger partial charge in [-0.3, -0.25) is 0 Å². The van der Waals surface area contributed by atoms with E-state index in [-0.39, 0.29) is 0 Å². The molecule has 2 heteroatoms. The average Bonchev–Trinajstić information content (AvgIpc) is 3.62. The van der Waals surface area contributed by atoms with Gasteiger partial charge in [0.15, 0.2) is 0 Å². The van der Waals surface area contributed by atoms with Gasteiger partial charge < -0.3 is 9.47 Å². The molecule has 0 atom stereocenters. The van der Waals surface area contributed by atoms with Crippen molar-refractivity contribution >= 4 is 38.9 Å². The number of hydrogen-bond donors (Lipinski definition) is 0. The van der Waals surface area contributed by atoms with Crippen LogP contribution in [0.5, 0.6) is 0 Å². The molecule has 9 aromatic carbocycles. The fourth-order valence-corrected chi connectivity index (χ4v) is 8.00. The van der Waals surface area contributed by atoms with Crippen LogP contribution in [-0.2, 0) is 0 Å². The van der Waals surface area contributed by atoms with E-state index in [9.17, 15) is 0 Å². The second-order valence-electron chi connectivity index (χ2n) is 14.2. The summed E-state index contributed by atoms with van der Waals surface area (Å²) in [5.41, 5.74) is 16.5. The molecule has 10 aromatic rings. The fourth-order valence-electron chi connectivity index (χ4n) is 8.00. The molecule has 0 fully saturated rings. The van der Waals surface area contributed by atoms with Crippen LogP contribution in [0.3, 0.4) is 0 Å². The van der Waals surface area contributed by atoms with Gasteiger partial charge in [0.05, 0.1) is 11.0 Å². The lowest BCUT2D eigenvalue weighted by Gasteiger charge is -2.26. The van der Waals surface area contributed by atoms with Crippen LogP contribution >= 0.6 is 0 Å². The maximum atomic E-state index is 2.37. The summed E-state index contributed by atoms with van der Waals surface area (Å²) in [6.07, 6.45) is 0. The zero-order valence-electron chi connectivity index (χ0n) is 30.8. The van der Waals surface area contributed by atoms with Gasteiger partial charge in [-0.2, -0.15) is 0 Å². The summed E-state index contributed by atoms with van der Waals surface area (Å²) in [6.45, 7) is 0. The van der Waals surface area contributed by atoms with Gasteiger partial charge in [-0.1, -0.05) is 164 Å². The first-order chi connectivity index (χ1) is 27.8. The largest absolute Gasteiger partial charge is 0.310 e. The fraction of sp³-hybridized carbons (Fsp3) is 0. The van der Waals surface area contributed by atoms with Gasteiger partial charge in [-0.05, 0) is 111 Å². The Labute approximate surface area is 327 Å². The van der Waals surface area contributed by atoms with Gasteiger partial charge in [-0.15, -0.1) is 0 Å². The second kappa shape index (κ2) is 14.4. The molecule has 2 nitrogen and oxygen atoms in total. The minimum Gasteiger partial charge on any atom is -0.310 e. The van der Waals surface area contributed by atoms with E-state index in [4.69, 9.17) is 0 Å².